The van der Waals surface area contributed by atoms with E-state index in [9.17, 15) is 14.4 Å². The molecule has 0 heterocycles. The lowest BCUT2D eigenvalue weighted by Gasteiger charge is -2.11. The van der Waals surface area contributed by atoms with Gasteiger partial charge in [-0.3, -0.25) is 0 Å². The van der Waals surface area contributed by atoms with Crippen LogP contribution in [0.25, 0.3) is 0 Å². The van der Waals surface area contributed by atoms with Crippen molar-refractivity contribution in [1.29, 1.82) is 0 Å². The molecule has 2 aromatic rings. The Labute approximate surface area is 116 Å². The van der Waals surface area contributed by atoms with Crippen molar-refractivity contribution in [3.63, 3.8) is 0 Å². The Morgan fingerprint density at radius 3 is 2.55 bits per heavy atom. The summed E-state index contributed by atoms with van der Waals surface area (Å²) in [4.78, 5) is 0. The molecule has 0 saturated heterocycles. The summed E-state index contributed by atoms with van der Waals surface area (Å²) in [5.74, 6) is 0.703. The van der Waals surface area contributed by atoms with Crippen molar-refractivity contribution in [2.75, 3.05) is 7.11 Å². The normalized spacial score (nSPS) is 10.2. The predicted molar refractivity (Wildman–Crippen MR) is 73.6 cm³/mol. The minimum Gasteiger partial charge on any atom is -0.497 e. The van der Waals surface area contributed by atoms with Gasteiger partial charge in [-0.15, -0.1) is 0 Å². The molecule has 2 aromatic carbocycles. The van der Waals surface area contributed by atoms with Crippen molar-refractivity contribution in [2.24, 2.45) is 0 Å². The van der Waals surface area contributed by atoms with Gasteiger partial charge in [-0.05, 0) is 35.3 Å². The molecule has 0 atom stereocenters. The highest BCUT2D eigenvalue weighted by Crippen LogP contribution is 2.19. The van der Waals surface area contributed by atoms with E-state index in [-0.39, 0.29) is 12.1 Å². The van der Waals surface area contributed by atoms with Gasteiger partial charge in [0, 0.05) is 6.07 Å². The SMILES string of the molecule is COc1cccc(OCc2ccc(F)cc2B(O)O)c1. The Hall–Kier alpha value is -2.05. The second-order valence-corrected chi connectivity index (χ2v) is 4.18. The number of benzene rings is 2. The average molecular weight is 276 g/mol. The first-order chi connectivity index (χ1) is 9.60. The van der Waals surface area contributed by atoms with E-state index >= 15 is 0 Å². The maximum absolute atomic E-state index is 13.1. The van der Waals surface area contributed by atoms with Crippen LogP contribution in [0.2, 0.25) is 0 Å². The topological polar surface area (TPSA) is 58.9 Å². The number of hydrogen-bond donors (Lipinski definition) is 2. The van der Waals surface area contributed by atoms with Crippen LogP contribution in [0, 0.1) is 5.82 Å². The van der Waals surface area contributed by atoms with E-state index in [2.05, 4.69) is 0 Å². The molecular weight excluding hydrogens is 262 g/mol. The molecule has 0 unspecified atom stereocenters. The van der Waals surface area contributed by atoms with Crippen LogP contribution in [0.1, 0.15) is 5.56 Å². The fraction of sp³-hybridized carbons (Fsp3) is 0.143. The predicted octanol–water partition coefficient (Wildman–Crippen LogP) is 1.09. The molecule has 0 aromatic heterocycles. The van der Waals surface area contributed by atoms with E-state index in [1.807, 2.05) is 0 Å². The number of hydrogen-bond acceptors (Lipinski definition) is 4. The molecule has 104 valence electrons. The summed E-state index contributed by atoms with van der Waals surface area (Å²) < 4.78 is 23.7. The van der Waals surface area contributed by atoms with E-state index in [0.717, 1.165) is 6.07 Å². The second kappa shape index (κ2) is 6.41. The number of rotatable bonds is 5. The monoisotopic (exact) mass is 276 g/mol. The minimum atomic E-state index is -1.74. The molecule has 0 saturated carbocycles. The standard InChI is InChI=1S/C14H14BFO4/c1-19-12-3-2-4-13(8-12)20-9-10-5-6-11(16)7-14(10)15(17)18/h2-8,17-18H,9H2,1H3. The first-order valence-corrected chi connectivity index (χ1v) is 6.01. The summed E-state index contributed by atoms with van der Waals surface area (Å²) in [5, 5.41) is 18.4. The van der Waals surface area contributed by atoms with Crippen molar-refractivity contribution >= 4 is 12.6 Å². The van der Waals surface area contributed by atoms with Crippen LogP contribution in [0.5, 0.6) is 11.5 Å². The molecule has 0 radical (unpaired) electrons. The van der Waals surface area contributed by atoms with Gasteiger partial charge < -0.3 is 19.5 Å². The molecule has 0 aliphatic rings. The molecule has 4 nitrogen and oxygen atoms in total. The van der Waals surface area contributed by atoms with Crippen LogP contribution in [-0.2, 0) is 6.61 Å². The van der Waals surface area contributed by atoms with Crippen LogP contribution >= 0.6 is 0 Å². The largest absolute Gasteiger partial charge is 0.497 e. The lowest BCUT2D eigenvalue weighted by atomic mass is 9.77. The maximum Gasteiger partial charge on any atom is 0.488 e. The van der Waals surface area contributed by atoms with Gasteiger partial charge >= 0.3 is 7.12 Å². The van der Waals surface area contributed by atoms with Crippen molar-refractivity contribution in [3.05, 3.63) is 53.8 Å². The van der Waals surface area contributed by atoms with Gasteiger partial charge in [-0.25, -0.2) is 4.39 Å². The highest BCUT2D eigenvalue weighted by molar-refractivity contribution is 6.59. The van der Waals surface area contributed by atoms with Gasteiger partial charge in [0.15, 0.2) is 0 Å². The van der Waals surface area contributed by atoms with Gasteiger partial charge in [0.25, 0.3) is 0 Å². The van der Waals surface area contributed by atoms with E-state index in [1.54, 1.807) is 31.4 Å². The fourth-order valence-electron chi connectivity index (χ4n) is 1.79. The van der Waals surface area contributed by atoms with Crippen LogP contribution in [0.15, 0.2) is 42.5 Å². The maximum atomic E-state index is 13.1. The molecule has 0 fully saturated rings. The Morgan fingerprint density at radius 2 is 1.85 bits per heavy atom. The van der Waals surface area contributed by atoms with Gasteiger partial charge in [-0.2, -0.15) is 0 Å². The lowest BCUT2D eigenvalue weighted by Crippen LogP contribution is -2.34. The summed E-state index contributed by atoms with van der Waals surface area (Å²) in [6.07, 6.45) is 0. The van der Waals surface area contributed by atoms with Gasteiger partial charge in [0.2, 0.25) is 0 Å². The third kappa shape index (κ3) is 3.49. The van der Waals surface area contributed by atoms with E-state index in [1.165, 1.54) is 12.1 Å². The summed E-state index contributed by atoms with van der Waals surface area (Å²) >= 11 is 0. The first kappa shape index (κ1) is 14.4. The van der Waals surface area contributed by atoms with Crippen molar-refractivity contribution in [3.8, 4) is 11.5 Å². The zero-order valence-electron chi connectivity index (χ0n) is 10.9. The smallest absolute Gasteiger partial charge is 0.488 e. The molecular formula is C14H14BFO4. The highest BCUT2D eigenvalue weighted by Gasteiger charge is 2.17. The average Bonchev–Trinajstić information content (AvgIpc) is 2.46. The molecule has 2 N–H and O–H groups in total. The van der Waals surface area contributed by atoms with Crippen LogP contribution < -0.4 is 14.9 Å². The van der Waals surface area contributed by atoms with Crippen molar-refractivity contribution in [2.45, 2.75) is 6.61 Å². The van der Waals surface area contributed by atoms with E-state index < -0.39 is 12.9 Å². The fourth-order valence-corrected chi connectivity index (χ4v) is 1.79. The van der Waals surface area contributed by atoms with Crippen LogP contribution in [0.3, 0.4) is 0 Å². The summed E-state index contributed by atoms with van der Waals surface area (Å²) in [7, 11) is -0.186. The second-order valence-electron chi connectivity index (χ2n) is 4.18. The van der Waals surface area contributed by atoms with Gasteiger partial charge in [-0.1, -0.05) is 12.1 Å². The Morgan fingerprint density at radius 1 is 1.10 bits per heavy atom. The molecule has 0 spiro atoms. The molecule has 0 amide bonds. The zero-order chi connectivity index (χ0) is 14.5. The lowest BCUT2D eigenvalue weighted by molar-refractivity contribution is 0.303. The zero-order valence-corrected chi connectivity index (χ0v) is 10.9. The molecule has 0 aliphatic carbocycles. The van der Waals surface area contributed by atoms with Gasteiger partial charge in [0.1, 0.15) is 23.9 Å². The Balaban J connectivity index is 2.14. The summed E-state index contributed by atoms with van der Waals surface area (Å²) in [6, 6.07) is 10.8. The van der Waals surface area contributed by atoms with E-state index in [0.29, 0.717) is 17.1 Å². The third-order valence-electron chi connectivity index (χ3n) is 2.82. The summed E-state index contributed by atoms with van der Waals surface area (Å²) in [5.41, 5.74) is 0.595. The quantitative estimate of drug-likeness (QED) is 0.803. The van der Waals surface area contributed by atoms with Crippen LogP contribution in [0.4, 0.5) is 4.39 Å². The third-order valence-corrected chi connectivity index (χ3v) is 2.82. The number of halogens is 1. The number of ether oxygens (including phenoxy) is 2. The molecule has 6 heteroatoms. The molecule has 20 heavy (non-hydrogen) atoms. The molecule has 2 rings (SSSR count). The molecule has 0 aliphatic heterocycles. The Kier molecular flexibility index (Phi) is 4.60. The van der Waals surface area contributed by atoms with Crippen LogP contribution in [-0.4, -0.2) is 24.3 Å². The first-order valence-electron chi connectivity index (χ1n) is 6.01. The van der Waals surface area contributed by atoms with Gasteiger partial charge in [0.05, 0.1) is 7.11 Å². The summed E-state index contributed by atoms with van der Waals surface area (Å²) in [6.45, 7) is 0.0976. The van der Waals surface area contributed by atoms with Crippen molar-refractivity contribution < 1.29 is 23.9 Å². The number of methoxy groups -OCH3 is 1. The Bertz CT molecular complexity index is 589. The van der Waals surface area contributed by atoms with E-state index in [4.69, 9.17) is 9.47 Å². The van der Waals surface area contributed by atoms with Crippen molar-refractivity contribution in [1.82, 2.24) is 0 Å². The minimum absolute atomic E-state index is 0.0906. The molecule has 0 bridgehead atoms. The highest BCUT2D eigenvalue weighted by atomic mass is 19.1.